The lowest BCUT2D eigenvalue weighted by Gasteiger charge is -2.25. The number of fused-ring (bicyclic) bond motifs is 1. The number of amides is 1. The largest absolute Gasteiger partial charge is 0.363 e. The van der Waals surface area contributed by atoms with Crippen LogP contribution in [0.5, 0.6) is 0 Å². The predicted molar refractivity (Wildman–Crippen MR) is 66.2 cm³/mol. The van der Waals surface area contributed by atoms with Crippen molar-refractivity contribution >= 4 is 11.7 Å². The van der Waals surface area contributed by atoms with Gasteiger partial charge in [0.05, 0.1) is 0 Å². The number of hydrogen-bond donors (Lipinski definition) is 2. The third kappa shape index (κ3) is 1.72. The third-order valence-corrected chi connectivity index (χ3v) is 3.85. The van der Waals surface area contributed by atoms with Gasteiger partial charge in [0, 0.05) is 44.4 Å². The second kappa shape index (κ2) is 4.37. The smallest absolute Gasteiger partial charge is 0.259 e. The first kappa shape index (κ1) is 11.7. The van der Waals surface area contributed by atoms with Crippen LogP contribution in [-0.2, 0) is 16.1 Å². The van der Waals surface area contributed by atoms with Gasteiger partial charge in [0.25, 0.3) is 5.91 Å². The first-order valence-electron chi connectivity index (χ1n) is 6.44. The van der Waals surface area contributed by atoms with Crippen molar-refractivity contribution in [3.8, 4) is 0 Å². The molecule has 18 heavy (non-hydrogen) atoms. The highest BCUT2D eigenvalue weighted by Crippen LogP contribution is 2.35. The summed E-state index contributed by atoms with van der Waals surface area (Å²) in [6, 6.07) is 1.81. The van der Waals surface area contributed by atoms with E-state index in [0.29, 0.717) is 19.0 Å². The van der Waals surface area contributed by atoms with E-state index in [2.05, 4.69) is 15.7 Å². The van der Waals surface area contributed by atoms with Crippen LogP contribution in [-0.4, -0.2) is 41.0 Å². The lowest BCUT2D eigenvalue weighted by molar-refractivity contribution is -0.135. The van der Waals surface area contributed by atoms with Crippen LogP contribution in [0.25, 0.3) is 0 Å². The second-order valence-electron chi connectivity index (χ2n) is 4.87. The first-order chi connectivity index (χ1) is 8.74. The topological polar surface area (TPSA) is 68.2 Å². The summed E-state index contributed by atoms with van der Waals surface area (Å²) < 4.78 is 7.51. The fourth-order valence-electron chi connectivity index (χ4n) is 2.79. The molecular formula is C12H18N4O2. The number of aromatic nitrogens is 2. The average Bonchev–Trinajstić information content (AvgIpc) is 3.02. The van der Waals surface area contributed by atoms with Crippen molar-refractivity contribution in [2.45, 2.75) is 25.5 Å². The third-order valence-electron chi connectivity index (χ3n) is 3.85. The molecule has 2 fully saturated rings. The molecule has 3 heterocycles. The van der Waals surface area contributed by atoms with Crippen molar-refractivity contribution in [3.63, 3.8) is 0 Å². The highest BCUT2D eigenvalue weighted by Gasteiger charge is 2.53. The Morgan fingerprint density at radius 1 is 1.78 bits per heavy atom. The summed E-state index contributed by atoms with van der Waals surface area (Å²) in [7, 11) is 0. The number of carbonyl (C=O) groups excluding carboxylic acids is 1. The van der Waals surface area contributed by atoms with Gasteiger partial charge in [-0.3, -0.25) is 9.48 Å². The van der Waals surface area contributed by atoms with Gasteiger partial charge in [-0.05, 0) is 13.3 Å². The molecule has 0 spiro atoms. The summed E-state index contributed by atoms with van der Waals surface area (Å²) in [6.45, 7) is 4.92. The van der Waals surface area contributed by atoms with Crippen LogP contribution in [0.3, 0.4) is 0 Å². The van der Waals surface area contributed by atoms with Gasteiger partial charge in [-0.1, -0.05) is 0 Å². The maximum Gasteiger partial charge on any atom is 0.259 e. The minimum absolute atomic E-state index is 0.0728. The lowest BCUT2D eigenvalue weighted by Crippen LogP contribution is -2.48. The van der Waals surface area contributed by atoms with Gasteiger partial charge in [-0.2, -0.15) is 5.10 Å². The lowest BCUT2D eigenvalue weighted by atomic mass is 9.90. The number of aryl methyl sites for hydroxylation is 1. The molecule has 1 aromatic rings. The van der Waals surface area contributed by atoms with Crippen LogP contribution in [0, 0.1) is 5.92 Å². The van der Waals surface area contributed by atoms with E-state index < -0.39 is 5.60 Å². The van der Waals surface area contributed by atoms with Gasteiger partial charge in [0.1, 0.15) is 0 Å². The Bertz CT molecular complexity index is 447. The van der Waals surface area contributed by atoms with Gasteiger partial charge in [0.15, 0.2) is 11.4 Å². The van der Waals surface area contributed by atoms with Gasteiger partial charge < -0.3 is 15.4 Å². The zero-order chi connectivity index (χ0) is 12.6. The highest BCUT2D eigenvalue weighted by atomic mass is 16.5. The number of rotatable bonds is 3. The quantitative estimate of drug-likeness (QED) is 0.805. The highest BCUT2D eigenvalue weighted by molar-refractivity contribution is 5.97. The van der Waals surface area contributed by atoms with Crippen molar-refractivity contribution in [2.24, 2.45) is 5.92 Å². The Kier molecular flexibility index (Phi) is 2.83. The van der Waals surface area contributed by atoms with Crippen molar-refractivity contribution in [2.75, 3.05) is 25.0 Å². The van der Waals surface area contributed by atoms with Crippen LogP contribution in [0.2, 0.25) is 0 Å². The Morgan fingerprint density at radius 2 is 2.67 bits per heavy atom. The zero-order valence-electron chi connectivity index (χ0n) is 10.5. The molecule has 6 nitrogen and oxygen atoms in total. The average molecular weight is 250 g/mol. The summed E-state index contributed by atoms with van der Waals surface area (Å²) in [5.41, 5.74) is -0.685. The fraction of sp³-hybridized carbons (Fsp3) is 0.667. The van der Waals surface area contributed by atoms with Crippen molar-refractivity contribution < 1.29 is 9.53 Å². The van der Waals surface area contributed by atoms with E-state index in [1.54, 1.807) is 4.68 Å². The molecule has 6 heteroatoms. The number of hydrogen-bond acceptors (Lipinski definition) is 4. The number of nitrogens with one attached hydrogen (secondary N) is 2. The molecule has 0 saturated carbocycles. The number of anilines is 1. The molecule has 2 saturated heterocycles. The molecule has 0 bridgehead atoms. The fourth-order valence-corrected chi connectivity index (χ4v) is 2.79. The summed E-state index contributed by atoms with van der Waals surface area (Å²) in [5.74, 6) is 0.805. The van der Waals surface area contributed by atoms with Crippen molar-refractivity contribution in [1.82, 2.24) is 15.1 Å². The summed E-state index contributed by atoms with van der Waals surface area (Å²) in [4.78, 5) is 12.4. The molecule has 98 valence electrons. The molecule has 0 unspecified atom stereocenters. The standard InChI is InChI=1S/C12H18N4O2/c1-2-16-5-3-10(15-16)14-11(17)12-8-13-7-9(12)4-6-18-12/h3,5,9,13H,2,4,6-8H2,1H3,(H,14,15,17)/t9-,12+/m1/s1. The Morgan fingerprint density at radius 3 is 3.44 bits per heavy atom. The molecule has 2 aliphatic heterocycles. The molecule has 2 atom stereocenters. The number of ether oxygens (including phenoxy) is 1. The Hall–Kier alpha value is -1.40. The minimum atomic E-state index is -0.685. The number of nitrogens with zero attached hydrogens (tertiary/aromatic N) is 2. The van der Waals surface area contributed by atoms with E-state index in [0.717, 1.165) is 19.5 Å². The molecule has 1 amide bonds. The monoisotopic (exact) mass is 250 g/mol. The molecule has 0 aromatic carbocycles. The Balaban J connectivity index is 1.74. The van der Waals surface area contributed by atoms with E-state index in [9.17, 15) is 4.79 Å². The predicted octanol–water partition coefficient (Wildman–Crippen LogP) is 0.220. The van der Waals surface area contributed by atoms with E-state index in [-0.39, 0.29) is 11.8 Å². The maximum atomic E-state index is 12.4. The van der Waals surface area contributed by atoms with Crippen LogP contribution in [0.15, 0.2) is 12.3 Å². The normalized spacial score (nSPS) is 30.4. The summed E-state index contributed by atoms with van der Waals surface area (Å²) >= 11 is 0. The second-order valence-corrected chi connectivity index (χ2v) is 4.87. The van der Waals surface area contributed by atoms with Crippen LogP contribution in [0.1, 0.15) is 13.3 Å². The van der Waals surface area contributed by atoms with Crippen LogP contribution in [0.4, 0.5) is 5.82 Å². The van der Waals surface area contributed by atoms with Gasteiger partial charge in [0.2, 0.25) is 0 Å². The van der Waals surface area contributed by atoms with Gasteiger partial charge >= 0.3 is 0 Å². The molecule has 0 radical (unpaired) electrons. The summed E-state index contributed by atoms with van der Waals surface area (Å²) in [5, 5.41) is 10.4. The first-order valence-corrected chi connectivity index (χ1v) is 6.44. The van der Waals surface area contributed by atoms with Crippen molar-refractivity contribution in [3.05, 3.63) is 12.3 Å². The van der Waals surface area contributed by atoms with Crippen LogP contribution < -0.4 is 10.6 Å². The van der Waals surface area contributed by atoms with E-state index in [1.165, 1.54) is 0 Å². The molecule has 2 aliphatic rings. The van der Waals surface area contributed by atoms with Gasteiger partial charge in [-0.15, -0.1) is 0 Å². The SMILES string of the molecule is CCn1ccc(NC(=O)[C@]23CNC[C@H]2CCO3)n1. The minimum Gasteiger partial charge on any atom is -0.363 e. The van der Waals surface area contributed by atoms with Crippen LogP contribution >= 0.6 is 0 Å². The van der Waals surface area contributed by atoms with E-state index >= 15 is 0 Å². The molecule has 3 rings (SSSR count). The summed E-state index contributed by atoms with van der Waals surface area (Å²) in [6.07, 6.45) is 2.80. The molecule has 2 N–H and O–H groups in total. The zero-order valence-corrected chi connectivity index (χ0v) is 10.5. The van der Waals surface area contributed by atoms with E-state index in [1.807, 2.05) is 19.2 Å². The van der Waals surface area contributed by atoms with E-state index in [4.69, 9.17) is 4.74 Å². The molecule has 1 aromatic heterocycles. The molecule has 0 aliphatic carbocycles. The molecular weight excluding hydrogens is 232 g/mol. The Labute approximate surface area is 106 Å². The maximum absolute atomic E-state index is 12.4. The van der Waals surface area contributed by atoms with Gasteiger partial charge in [-0.25, -0.2) is 0 Å². The number of carbonyl (C=O) groups is 1. The van der Waals surface area contributed by atoms with Crippen molar-refractivity contribution in [1.29, 1.82) is 0 Å².